The van der Waals surface area contributed by atoms with Crippen LogP contribution in [0.15, 0.2) is 54.6 Å². The number of nitro benzene ring substituents is 1. The first-order valence-corrected chi connectivity index (χ1v) is 8.52. The minimum atomic E-state index is -0.452. The summed E-state index contributed by atoms with van der Waals surface area (Å²) in [5.74, 6) is 0.153. The van der Waals surface area contributed by atoms with Crippen molar-refractivity contribution in [1.82, 2.24) is 0 Å². The molecule has 0 aliphatic heterocycles. The van der Waals surface area contributed by atoms with Gasteiger partial charge in [0.15, 0.2) is 0 Å². The zero-order valence-electron chi connectivity index (χ0n) is 15.4. The number of hydrogen-bond acceptors (Lipinski definition) is 4. The van der Waals surface area contributed by atoms with E-state index in [9.17, 15) is 14.9 Å². The van der Waals surface area contributed by atoms with Gasteiger partial charge in [-0.2, -0.15) is 0 Å². The van der Waals surface area contributed by atoms with E-state index >= 15 is 0 Å². The van der Waals surface area contributed by atoms with Crippen LogP contribution < -0.4 is 10.1 Å². The second kappa shape index (κ2) is 7.45. The maximum Gasteiger partial charge on any atom is 0.274 e. The number of benzene rings is 3. The number of carbonyl (C=O) groups is 1. The molecule has 138 valence electrons. The van der Waals surface area contributed by atoms with Gasteiger partial charge in [-0.15, -0.1) is 0 Å². The molecule has 0 saturated heterocycles. The van der Waals surface area contributed by atoms with E-state index in [1.807, 2.05) is 43.3 Å². The predicted octanol–water partition coefficient (Wildman–Crippen LogP) is 4.81. The van der Waals surface area contributed by atoms with Crippen LogP contribution in [-0.2, 0) is 4.79 Å². The van der Waals surface area contributed by atoms with E-state index in [-0.39, 0.29) is 11.6 Å². The van der Waals surface area contributed by atoms with E-state index in [1.165, 1.54) is 6.07 Å². The molecule has 1 amide bonds. The average Bonchev–Trinajstić information content (AvgIpc) is 2.67. The molecule has 0 fully saturated rings. The maximum atomic E-state index is 12.6. The Bertz CT molecular complexity index is 1030. The number of aryl methyl sites for hydroxylation is 1. The maximum absolute atomic E-state index is 12.6. The van der Waals surface area contributed by atoms with Gasteiger partial charge in [0, 0.05) is 17.3 Å². The Balaban J connectivity index is 1.82. The molecule has 0 heterocycles. The van der Waals surface area contributed by atoms with Crippen LogP contribution in [-0.4, -0.2) is 17.9 Å². The van der Waals surface area contributed by atoms with Gasteiger partial charge in [-0.3, -0.25) is 14.9 Å². The van der Waals surface area contributed by atoms with E-state index in [1.54, 1.807) is 26.2 Å². The fraction of sp³-hybridized carbons (Fsp3) is 0.190. The smallest absolute Gasteiger partial charge is 0.274 e. The number of hydrogen-bond donors (Lipinski definition) is 1. The fourth-order valence-electron chi connectivity index (χ4n) is 2.92. The number of methoxy groups -OCH3 is 1. The first-order valence-electron chi connectivity index (χ1n) is 8.52. The van der Waals surface area contributed by atoms with Crippen LogP contribution in [0.2, 0.25) is 0 Å². The van der Waals surface area contributed by atoms with Gasteiger partial charge >= 0.3 is 0 Å². The zero-order chi connectivity index (χ0) is 19.6. The lowest BCUT2D eigenvalue weighted by atomic mass is 9.97. The topological polar surface area (TPSA) is 81.5 Å². The Hall–Kier alpha value is -3.41. The molecule has 3 aromatic carbocycles. The number of amides is 1. The number of nitro groups is 1. The highest BCUT2D eigenvalue weighted by molar-refractivity contribution is 5.96. The first-order chi connectivity index (χ1) is 12.9. The Morgan fingerprint density at radius 3 is 2.48 bits per heavy atom. The van der Waals surface area contributed by atoms with Crippen molar-refractivity contribution >= 4 is 28.1 Å². The normalized spacial score (nSPS) is 11.8. The van der Waals surface area contributed by atoms with Crippen LogP contribution >= 0.6 is 0 Å². The molecule has 0 spiro atoms. The number of carbonyl (C=O) groups excluding carboxylic acids is 1. The molecule has 3 aromatic rings. The Kier molecular flexibility index (Phi) is 5.07. The van der Waals surface area contributed by atoms with Gasteiger partial charge < -0.3 is 10.1 Å². The monoisotopic (exact) mass is 364 g/mol. The second-order valence-electron chi connectivity index (χ2n) is 6.44. The molecular weight excluding hydrogens is 344 g/mol. The van der Waals surface area contributed by atoms with Crippen LogP contribution in [0, 0.1) is 17.0 Å². The molecule has 0 saturated carbocycles. The summed E-state index contributed by atoms with van der Waals surface area (Å²) >= 11 is 0. The molecule has 3 rings (SSSR count). The quantitative estimate of drug-likeness (QED) is 0.520. The highest BCUT2D eigenvalue weighted by Gasteiger charge is 2.18. The van der Waals surface area contributed by atoms with Gasteiger partial charge in [-0.1, -0.05) is 30.3 Å². The third-order valence-electron chi connectivity index (χ3n) is 4.64. The van der Waals surface area contributed by atoms with Gasteiger partial charge in [-0.05, 0) is 48.4 Å². The van der Waals surface area contributed by atoms with Gasteiger partial charge in [0.25, 0.3) is 5.69 Å². The summed E-state index contributed by atoms with van der Waals surface area (Å²) in [6, 6.07) is 16.3. The summed E-state index contributed by atoms with van der Waals surface area (Å²) in [4.78, 5) is 23.2. The summed E-state index contributed by atoms with van der Waals surface area (Å²) in [7, 11) is 1.62. The van der Waals surface area contributed by atoms with E-state index in [0.29, 0.717) is 11.3 Å². The van der Waals surface area contributed by atoms with E-state index in [0.717, 1.165) is 22.1 Å². The molecule has 0 unspecified atom stereocenters. The lowest BCUT2D eigenvalue weighted by Gasteiger charge is -2.14. The van der Waals surface area contributed by atoms with Gasteiger partial charge in [0.1, 0.15) is 5.75 Å². The second-order valence-corrected chi connectivity index (χ2v) is 6.44. The third-order valence-corrected chi connectivity index (χ3v) is 4.64. The summed E-state index contributed by atoms with van der Waals surface area (Å²) in [6.45, 7) is 3.47. The van der Waals surface area contributed by atoms with Gasteiger partial charge in [0.2, 0.25) is 5.91 Å². The van der Waals surface area contributed by atoms with Crippen LogP contribution in [0.3, 0.4) is 0 Å². The first kappa shape index (κ1) is 18.4. The Morgan fingerprint density at radius 1 is 1.07 bits per heavy atom. The minimum Gasteiger partial charge on any atom is -0.497 e. The lowest BCUT2D eigenvalue weighted by Crippen LogP contribution is -2.19. The molecule has 0 aliphatic carbocycles. The number of ether oxygens (including phenoxy) is 1. The molecule has 1 atom stereocenters. The van der Waals surface area contributed by atoms with E-state index in [4.69, 9.17) is 4.74 Å². The molecule has 27 heavy (non-hydrogen) atoms. The zero-order valence-corrected chi connectivity index (χ0v) is 15.4. The molecule has 0 bridgehead atoms. The number of rotatable bonds is 5. The summed E-state index contributed by atoms with van der Waals surface area (Å²) in [5.41, 5.74) is 1.82. The molecular formula is C21H20N2O4. The van der Waals surface area contributed by atoms with Crippen LogP contribution in [0.5, 0.6) is 5.75 Å². The third kappa shape index (κ3) is 3.89. The van der Waals surface area contributed by atoms with Crippen molar-refractivity contribution in [3.05, 3.63) is 75.8 Å². The van der Waals surface area contributed by atoms with Crippen LogP contribution in [0.4, 0.5) is 11.4 Å². The number of nitrogens with zero attached hydrogens (tertiary/aromatic N) is 1. The van der Waals surface area contributed by atoms with E-state index in [2.05, 4.69) is 5.32 Å². The SMILES string of the molecule is COc1ccc2cc([C@H](C)C(=O)Nc3ccc(C)c([N+](=O)[O-])c3)ccc2c1. The fourth-order valence-corrected chi connectivity index (χ4v) is 2.92. The lowest BCUT2D eigenvalue weighted by molar-refractivity contribution is -0.385. The van der Waals surface area contributed by atoms with Crippen molar-refractivity contribution in [1.29, 1.82) is 0 Å². The Morgan fingerprint density at radius 2 is 1.78 bits per heavy atom. The molecule has 0 radical (unpaired) electrons. The summed E-state index contributed by atoms with van der Waals surface area (Å²) < 4.78 is 5.23. The number of fused-ring (bicyclic) bond motifs is 1. The van der Waals surface area contributed by atoms with E-state index < -0.39 is 10.8 Å². The van der Waals surface area contributed by atoms with Crippen molar-refractivity contribution in [3.8, 4) is 5.75 Å². The molecule has 0 aromatic heterocycles. The van der Waals surface area contributed by atoms with Crippen LogP contribution in [0.1, 0.15) is 24.0 Å². The standard InChI is InChI=1S/C21H20N2O4/c1-13-4-8-18(12-20(13)23(25)26)22-21(24)14(2)15-5-6-17-11-19(27-3)9-7-16(17)10-15/h4-12,14H,1-3H3,(H,22,24)/t14-/m0/s1. The van der Waals surface area contributed by atoms with Crippen LogP contribution in [0.25, 0.3) is 10.8 Å². The largest absolute Gasteiger partial charge is 0.497 e. The van der Waals surface area contributed by atoms with Crippen molar-refractivity contribution < 1.29 is 14.5 Å². The van der Waals surface area contributed by atoms with Crippen molar-refractivity contribution in [2.24, 2.45) is 0 Å². The number of anilines is 1. The predicted molar refractivity (Wildman–Crippen MR) is 105 cm³/mol. The average molecular weight is 364 g/mol. The van der Waals surface area contributed by atoms with Crippen molar-refractivity contribution in [2.45, 2.75) is 19.8 Å². The van der Waals surface area contributed by atoms with Crippen molar-refractivity contribution in [2.75, 3.05) is 12.4 Å². The Labute approximate surface area is 156 Å². The highest BCUT2D eigenvalue weighted by Crippen LogP contribution is 2.27. The molecule has 6 heteroatoms. The molecule has 1 N–H and O–H groups in total. The summed E-state index contributed by atoms with van der Waals surface area (Å²) in [5, 5.41) is 15.9. The molecule has 0 aliphatic rings. The minimum absolute atomic E-state index is 0.0138. The highest BCUT2D eigenvalue weighted by atomic mass is 16.6. The van der Waals surface area contributed by atoms with Crippen molar-refractivity contribution in [3.63, 3.8) is 0 Å². The van der Waals surface area contributed by atoms with Gasteiger partial charge in [0.05, 0.1) is 18.0 Å². The van der Waals surface area contributed by atoms with Gasteiger partial charge in [-0.25, -0.2) is 0 Å². The number of nitrogens with one attached hydrogen (secondary N) is 1. The molecule has 6 nitrogen and oxygen atoms in total. The summed E-state index contributed by atoms with van der Waals surface area (Å²) in [6.07, 6.45) is 0.